The molecule has 1 heterocycles. The van der Waals surface area contributed by atoms with E-state index < -0.39 is 0 Å². The molecule has 5 rings (SSSR count). The first-order valence-electron chi connectivity index (χ1n) is 13.3. The van der Waals surface area contributed by atoms with Crippen LogP contribution < -0.4 is 5.32 Å². The molecule has 0 bridgehead atoms. The van der Waals surface area contributed by atoms with Crippen molar-refractivity contribution in [2.45, 2.75) is 58.3 Å². The van der Waals surface area contributed by atoms with E-state index in [2.05, 4.69) is 72.9 Å². The molecule has 0 saturated heterocycles. The zero-order chi connectivity index (χ0) is 26.6. The van der Waals surface area contributed by atoms with Crippen LogP contribution in [0.4, 0.5) is 5.69 Å². The standard InChI is InChI=1S/C33H33ClN2O2/c1-21(2)23-14-18-27(19-15-23)35-31(37)20-25-8-4-5-9-28(24-12-16-26(34)17-13-24)29-10-6-7-11-30(29)32-22(3)36-38-33(25)32/h6-7,9-19,21,25H,4-5,8,20H2,1-3H3,(H,35,37)/b28-9-. The number of hydrogen-bond acceptors (Lipinski definition) is 3. The fraction of sp³-hybridized carbons (Fsp3) is 0.273. The average molecular weight is 525 g/mol. The molecule has 1 atom stereocenters. The lowest BCUT2D eigenvalue weighted by Crippen LogP contribution is -2.16. The van der Waals surface area contributed by atoms with Gasteiger partial charge in [-0.2, -0.15) is 0 Å². The van der Waals surface area contributed by atoms with Crippen molar-refractivity contribution in [1.29, 1.82) is 0 Å². The summed E-state index contributed by atoms with van der Waals surface area (Å²) in [6.45, 7) is 6.30. The number of anilines is 1. The Labute approximate surface area is 229 Å². The normalized spacial score (nSPS) is 16.8. The molecule has 5 heteroatoms. The van der Waals surface area contributed by atoms with Crippen LogP contribution in [-0.2, 0) is 4.79 Å². The van der Waals surface area contributed by atoms with Crippen molar-refractivity contribution in [2.75, 3.05) is 5.32 Å². The number of aryl methyl sites for hydroxylation is 1. The van der Waals surface area contributed by atoms with Gasteiger partial charge in [0, 0.05) is 28.6 Å². The van der Waals surface area contributed by atoms with Crippen LogP contribution in [0.2, 0.25) is 5.02 Å². The molecule has 194 valence electrons. The van der Waals surface area contributed by atoms with Crippen molar-refractivity contribution >= 4 is 28.8 Å². The van der Waals surface area contributed by atoms with E-state index in [9.17, 15) is 4.79 Å². The van der Waals surface area contributed by atoms with E-state index in [-0.39, 0.29) is 11.8 Å². The topological polar surface area (TPSA) is 55.1 Å². The largest absolute Gasteiger partial charge is 0.360 e. The van der Waals surface area contributed by atoms with Gasteiger partial charge in [0.1, 0.15) is 5.76 Å². The second kappa shape index (κ2) is 11.4. The monoisotopic (exact) mass is 524 g/mol. The number of allylic oxidation sites excluding steroid dienone is 1. The molecule has 1 aliphatic carbocycles. The Morgan fingerprint density at radius 2 is 1.74 bits per heavy atom. The lowest BCUT2D eigenvalue weighted by atomic mass is 9.84. The number of amides is 1. The van der Waals surface area contributed by atoms with E-state index >= 15 is 0 Å². The average Bonchev–Trinajstić information content (AvgIpc) is 3.30. The summed E-state index contributed by atoms with van der Waals surface area (Å²) in [7, 11) is 0. The van der Waals surface area contributed by atoms with Crippen LogP contribution in [0.5, 0.6) is 0 Å². The van der Waals surface area contributed by atoms with Crippen molar-refractivity contribution in [2.24, 2.45) is 0 Å². The smallest absolute Gasteiger partial charge is 0.225 e. The number of nitrogens with zero attached hydrogens (tertiary/aromatic N) is 1. The van der Waals surface area contributed by atoms with Gasteiger partial charge in [0.15, 0.2) is 0 Å². The van der Waals surface area contributed by atoms with Gasteiger partial charge in [-0.25, -0.2) is 0 Å². The third-order valence-electron chi connectivity index (χ3n) is 7.30. The molecule has 38 heavy (non-hydrogen) atoms. The molecule has 4 nitrogen and oxygen atoms in total. The van der Waals surface area contributed by atoms with Gasteiger partial charge in [0.05, 0.1) is 5.69 Å². The van der Waals surface area contributed by atoms with Crippen LogP contribution >= 0.6 is 11.6 Å². The first kappa shape index (κ1) is 26.0. The van der Waals surface area contributed by atoms with Gasteiger partial charge in [0.2, 0.25) is 5.91 Å². The van der Waals surface area contributed by atoms with Crippen molar-refractivity contribution in [1.82, 2.24) is 5.16 Å². The molecule has 0 radical (unpaired) electrons. The van der Waals surface area contributed by atoms with Crippen molar-refractivity contribution in [3.8, 4) is 11.1 Å². The third kappa shape index (κ3) is 5.61. The highest BCUT2D eigenvalue weighted by Crippen LogP contribution is 2.42. The van der Waals surface area contributed by atoms with E-state index in [1.54, 1.807) is 0 Å². The van der Waals surface area contributed by atoms with Gasteiger partial charge in [0.25, 0.3) is 0 Å². The number of carbonyl (C=O) groups excluding carboxylic acids is 1. The highest BCUT2D eigenvalue weighted by Gasteiger charge is 2.28. The van der Waals surface area contributed by atoms with Crippen molar-refractivity contribution in [3.05, 3.63) is 112 Å². The number of hydrogen-bond donors (Lipinski definition) is 1. The third-order valence-corrected chi connectivity index (χ3v) is 7.55. The summed E-state index contributed by atoms with van der Waals surface area (Å²) < 4.78 is 5.97. The molecule has 0 fully saturated rings. The summed E-state index contributed by atoms with van der Waals surface area (Å²) in [5, 5.41) is 8.18. The van der Waals surface area contributed by atoms with E-state index in [1.165, 1.54) is 11.1 Å². The summed E-state index contributed by atoms with van der Waals surface area (Å²) in [4.78, 5) is 13.2. The quantitative estimate of drug-likeness (QED) is 0.283. The molecular weight excluding hydrogens is 492 g/mol. The lowest BCUT2D eigenvalue weighted by Gasteiger charge is -2.20. The fourth-order valence-electron chi connectivity index (χ4n) is 5.27. The maximum atomic E-state index is 13.2. The molecule has 0 spiro atoms. The highest BCUT2D eigenvalue weighted by atomic mass is 35.5. The minimum Gasteiger partial charge on any atom is -0.360 e. The summed E-state index contributed by atoms with van der Waals surface area (Å²) in [6, 6.07) is 24.5. The first-order valence-corrected chi connectivity index (χ1v) is 13.7. The first-order chi connectivity index (χ1) is 18.4. The summed E-state index contributed by atoms with van der Waals surface area (Å²) >= 11 is 6.19. The second-order valence-electron chi connectivity index (χ2n) is 10.3. The maximum absolute atomic E-state index is 13.2. The van der Waals surface area contributed by atoms with Crippen LogP contribution in [0.25, 0.3) is 16.7 Å². The molecule has 1 unspecified atom stereocenters. The Bertz CT molecular complexity index is 1450. The van der Waals surface area contributed by atoms with Crippen LogP contribution in [0.15, 0.2) is 83.4 Å². The second-order valence-corrected chi connectivity index (χ2v) is 10.8. The van der Waals surface area contributed by atoms with Gasteiger partial charge >= 0.3 is 0 Å². The molecule has 3 aromatic carbocycles. The highest BCUT2D eigenvalue weighted by molar-refractivity contribution is 6.30. The maximum Gasteiger partial charge on any atom is 0.225 e. The summed E-state index contributed by atoms with van der Waals surface area (Å²) in [6.07, 6.45) is 5.30. The van der Waals surface area contributed by atoms with Gasteiger partial charge in [-0.3, -0.25) is 4.79 Å². The van der Waals surface area contributed by atoms with Gasteiger partial charge in [-0.1, -0.05) is 85.2 Å². The number of aromatic nitrogens is 1. The predicted octanol–water partition coefficient (Wildman–Crippen LogP) is 9.15. The number of carbonyl (C=O) groups is 1. The van der Waals surface area contributed by atoms with E-state index in [0.717, 1.165) is 63.7 Å². The van der Waals surface area contributed by atoms with Crippen LogP contribution in [0, 0.1) is 6.92 Å². The van der Waals surface area contributed by atoms with Gasteiger partial charge < -0.3 is 9.84 Å². The Morgan fingerprint density at radius 1 is 1.03 bits per heavy atom. The zero-order valence-corrected chi connectivity index (χ0v) is 22.9. The van der Waals surface area contributed by atoms with Crippen LogP contribution in [0.1, 0.15) is 79.5 Å². The fourth-order valence-corrected chi connectivity index (χ4v) is 5.39. The summed E-state index contributed by atoms with van der Waals surface area (Å²) in [5.74, 6) is 1.15. The molecule has 4 aromatic rings. The predicted molar refractivity (Wildman–Crippen MR) is 156 cm³/mol. The number of benzene rings is 3. The number of halogens is 1. The van der Waals surface area contributed by atoms with Crippen molar-refractivity contribution in [3.63, 3.8) is 0 Å². The van der Waals surface area contributed by atoms with Crippen LogP contribution in [0.3, 0.4) is 0 Å². The minimum absolute atomic E-state index is 0.0185. The Morgan fingerprint density at radius 3 is 2.45 bits per heavy atom. The Kier molecular flexibility index (Phi) is 7.80. The molecule has 0 aliphatic heterocycles. The van der Waals surface area contributed by atoms with Gasteiger partial charge in [-0.15, -0.1) is 0 Å². The Balaban J connectivity index is 1.47. The van der Waals surface area contributed by atoms with Gasteiger partial charge in [-0.05, 0) is 84.2 Å². The number of nitrogens with one attached hydrogen (secondary N) is 1. The Hall–Kier alpha value is -3.63. The molecule has 1 N–H and O–H groups in total. The lowest BCUT2D eigenvalue weighted by molar-refractivity contribution is -0.116. The van der Waals surface area contributed by atoms with E-state index in [0.29, 0.717) is 12.3 Å². The van der Waals surface area contributed by atoms with E-state index in [1.807, 2.05) is 37.3 Å². The zero-order valence-electron chi connectivity index (χ0n) is 22.1. The molecule has 1 amide bonds. The molecular formula is C33H33ClN2O2. The SMILES string of the molecule is Cc1noc2c1-c1ccccc1/C(c1ccc(Cl)cc1)=C\CCCC2CC(=O)Nc1ccc(C(C)C)cc1. The van der Waals surface area contributed by atoms with E-state index in [4.69, 9.17) is 16.1 Å². The van der Waals surface area contributed by atoms with Crippen molar-refractivity contribution < 1.29 is 9.32 Å². The number of rotatable bonds is 5. The molecule has 1 aliphatic rings. The number of fused-ring (bicyclic) bond motifs is 3. The molecule has 0 saturated carbocycles. The summed E-state index contributed by atoms with van der Waals surface area (Å²) in [5.41, 5.74) is 8.37. The van der Waals surface area contributed by atoms with Crippen LogP contribution in [-0.4, -0.2) is 11.1 Å². The minimum atomic E-state index is -0.0697. The molecule has 1 aromatic heterocycles.